The summed E-state index contributed by atoms with van der Waals surface area (Å²) in [7, 11) is 3.68. The van der Waals surface area contributed by atoms with Crippen LogP contribution in [0.5, 0.6) is 0 Å². The van der Waals surface area contributed by atoms with Crippen LogP contribution in [0.1, 0.15) is 0 Å². The number of β-amino-alcohol motifs (C(OH)–C–C–N with tert-alkyl or cyclic N) is 1. The normalized spacial score (nSPS) is 35.1. The Balaban J connectivity index is 2.31. The number of hydrogen-bond donors (Lipinski definition) is 1. The summed E-state index contributed by atoms with van der Waals surface area (Å²) in [5.74, 6) is 0.315. The van der Waals surface area contributed by atoms with Gasteiger partial charge in [0.25, 0.3) is 0 Å². The molecular formula is C7H15NO2. The Hall–Kier alpha value is -0.120. The molecule has 1 N–H and O–H groups in total. The molecule has 0 aromatic carbocycles. The number of ether oxygens (including phenoxy) is 1. The van der Waals surface area contributed by atoms with Crippen molar-refractivity contribution >= 4 is 0 Å². The topological polar surface area (TPSA) is 32.7 Å². The number of aliphatic hydroxyl groups excluding tert-OH is 1. The minimum Gasteiger partial charge on any atom is -0.391 e. The molecule has 1 saturated heterocycles. The lowest BCUT2D eigenvalue weighted by atomic mass is 10.1. The quantitative estimate of drug-likeness (QED) is 0.571. The van der Waals surface area contributed by atoms with Crippen molar-refractivity contribution in [3.63, 3.8) is 0 Å². The van der Waals surface area contributed by atoms with Gasteiger partial charge in [-0.25, -0.2) is 0 Å². The van der Waals surface area contributed by atoms with Crippen LogP contribution in [0.4, 0.5) is 0 Å². The van der Waals surface area contributed by atoms with Crippen LogP contribution in [0.25, 0.3) is 0 Å². The van der Waals surface area contributed by atoms with Crippen LogP contribution in [-0.4, -0.2) is 50.0 Å². The van der Waals surface area contributed by atoms with Gasteiger partial charge in [-0.1, -0.05) is 0 Å². The van der Waals surface area contributed by atoms with Crippen molar-refractivity contribution in [3.05, 3.63) is 0 Å². The summed E-state index contributed by atoms with van der Waals surface area (Å²) in [6.45, 7) is 2.41. The van der Waals surface area contributed by atoms with Gasteiger partial charge in [0.1, 0.15) is 0 Å². The third kappa shape index (κ3) is 1.68. The summed E-state index contributed by atoms with van der Waals surface area (Å²) in [6.07, 6.45) is -0.190. The van der Waals surface area contributed by atoms with E-state index in [9.17, 15) is 5.11 Å². The monoisotopic (exact) mass is 145 g/mol. The maximum Gasteiger partial charge on any atom is 0.0729 e. The van der Waals surface area contributed by atoms with E-state index >= 15 is 0 Å². The van der Waals surface area contributed by atoms with Crippen molar-refractivity contribution in [2.24, 2.45) is 5.92 Å². The van der Waals surface area contributed by atoms with Crippen molar-refractivity contribution in [1.82, 2.24) is 4.90 Å². The van der Waals surface area contributed by atoms with Gasteiger partial charge in [0.15, 0.2) is 0 Å². The van der Waals surface area contributed by atoms with Gasteiger partial charge in [0.2, 0.25) is 0 Å². The van der Waals surface area contributed by atoms with Crippen LogP contribution < -0.4 is 0 Å². The SMILES string of the molecule is COCC1CN(C)CC1O. The Labute approximate surface area is 61.6 Å². The van der Waals surface area contributed by atoms with Crippen molar-refractivity contribution in [2.45, 2.75) is 6.10 Å². The van der Waals surface area contributed by atoms with Gasteiger partial charge < -0.3 is 14.7 Å². The molecule has 1 aliphatic rings. The van der Waals surface area contributed by atoms with Crippen molar-refractivity contribution in [2.75, 3.05) is 33.9 Å². The molecule has 1 aliphatic heterocycles. The summed E-state index contributed by atoms with van der Waals surface area (Å²) in [6, 6.07) is 0. The molecule has 3 heteroatoms. The average Bonchev–Trinajstić information content (AvgIpc) is 2.13. The Morgan fingerprint density at radius 3 is 2.70 bits per heavy atom. The third-order valence-electron chi connectivity index (χ3n) is 1.97. The van der Waals surface area contributed by atoms with Crippen molar-refractivity contribution < 1.29 is 9.84 Å². The second-order valence-corrected chi connectivity index (χ2v) is 3.00. The third-order valence-corrected chi connectivity index (χ3v) is 1.97. The Morgan fingerprint density at radius 2 is 2.30 bits per heavy atom. The fourth-order valence-electron chi connectivity index (χ4n) is 1.44. The highest BCUT2D eigenvalue weighted by Crippen LogP contribution is 2.14. The summed E-state index contributed by atoms with van der Waals surface area (Å²) >= 11 is 0. The lowest BCUT2D eigenvalue weighted by molar-refractivity contribution is 0.0791. The van der Waals surface area contributed by atoms with Crippen LogP contribution in [-0.2, 0) is 4.74 Å². The average molecular weight is 145 g/mol. The van der Waals surface area contributed by atoms with Gasteiger partial charge >= 0.3 is 0 Å². The number of likely N-dealkylation sites (N-methyl/N-ethyl adjacent to an activating group) is 1. The van der Waals surface area contributed by atoms with Crippen LogP contribution in [0.3, 0.4) is 0 Å². The highest BCUT2D eigenvalue weighted by atomic mass is 16.5. The largest absolute Gasteiger partial charge is 0.391 e. The zero-order valence-electron chi connectivity index (χ0n) is 6.58. The molecule has 60 valence electrons. The summed E-state index contributed by atoms with van der Waals surface area (Å²) < 4.78 is 4.96. The molecule has 2 atom stereocenters. The molecule has 0 radical (unpaired) electrons. The first kappa shape index (κ1) is 7.98. The van der Waals surface area contributed by atoms with E-state index in [0.717, 1.165) is 13.1 Å². The van der Waals surface area contributed by atoms with E-state index in [0.29, 0.717) is 12.5 Å². The van der Waals surface area contributed by atoms with E-state index in [-0.39, 0.29) is 6.10 Å². The van der Waals surface area contributed by atoms with Crippen LogP contribution >= 0.6 is 0 Å². The summed E-state index contributed by atoms with van der Waals surface area (Å²) in [4.78, 5) is 2.12. The number of nitrogens with zero attached hydrogens (tertiary/aromatic N) is 1. The molecule has 1 heterocycles. The molecule has 0 bridgehead atoms. The van der Waals surface area contributed by atoms with E-state index in [4.69, 9.17) is 4.74 Å². The summed E-state index contributed by atoms with van der Waals surface area (Å²) in [5.41, 5.74) is 0. The highest BCUT2D eigenvalue weighted by Gasteiger charge is 2.28. The second kappa shape index (κ2) is 3.32. The fraction of sp³-hybridized carbons (Fsp3) is 1.00. The smallest absolute Gasteiger partial charge is 0.0729 e. The zero-order valence-corrected chi connectivity index (χ0v) is 6.58. The van der Waals surface area contributed by atoms with Gasteiger partial charge in [0.05, 0.1) is 12.7 Å². The summed E-state index contributed by atoms with van der Waals surface area (Å²) in [5, 5.41) is 9.37. The van der Waals surface area contributed by atoms with Gasteiger partial charge in [0, 0.05) is 26.1 Å². The van der Waals surface area contributed by atoms with Crippen LogP contribution in [0.2, 0.25) is 0 Å². The molecule has 2 unspecified atom stereocenters. The highest BCUT2D eigenvalue weighted by molar-refractivity contribution is 4.81. The number of rotatable bonds is 2. The van der Waals surface area contributed by atoms with E-state index < -0.39 is 0 Å². The van der Waals surface area contributed by atoms with E-state index in [1.165, 1.54) is 0 Å². The molecule has 10 heavy (non-hydrogen) atoms. The number of hydrogen-bond acceptors (Lipinski definition) is 3. The van der Waals surface area contributed by atoms with E-state index in [1.807, 2.05) is 7.05 Å². The molecule has 3 nitrogen and oxygen atoms in total. The predicted molar refractivity (Wildman–Crippen MR) is 38.9 cm³/mol. The lowest BCUT2D eigenvalue weighted by Gasteiger charge is -2.10. The molecule has 0 spiro atoms. The van der Waals surface area contributed by atoms with Crippen molar-refractivity contribution in [3.8, 4) is 0 Å². The Kier molecular flexibility index (Phi) is 2.65. The molecule has 0 aliphatic carbocycles. The molecule has 1 fully saturated rings. The maximum atomic E-state index is 9.37. The number of methoxy groups -OCH3 is 1. The molecule has 0 aromatic rings. The molecule has 0 amide bonds. The molecule has 0 saturated carbocycles. The van der Waals surface area contributed by atoms with Crippen molar-refractivity contribution in [1.29, 1.82) is 0 Å². The van der Waals surface area contributed by atoms with Gasteiger partial charge in [-0.3, -0.25) is 0 Å². The molecular weight excluding hydrogens is 130 g/mol. The molecule has 1 rings (SSSR count). The number of aliphatic hydroxyl groups is 1. The fourth-order valence-corrected chi connectivity index (χ4v) is 1.44. The van der Waals surface area contributed by atoms with Crippen LogP contribution in [0, 0.1) is 5.92 Å². The zero-order chi connectivity index (χ0) is 7.56. The number of likely N-dealkylation sites (tertiary alicyclic amines) is 1. The van der Waals surface area contributed by atoms with Gasteiger partial charge in [-0.2, -0.15) is 0 Å². The minimum atomic E-state index is -0.190. The lowest BCUT2D eigenvalue weighted by Crippen LogP contribution is -2.21. The predicted octanol–water partition coefficient (Wildman–Crippen LogP) is -0.445. The second-order valence-electron chi connectivity index (χ2n) is 3.00. The first-order valence-corrected chi connectivity index (χ1v) is 3.59. The van der Waals surface area contributed by atoms with Gasteiger partial charge in [-0.15, -0.1) is 0 Å². The Morgan fingerprint density at radius 1 is 1.60 bits per heavy atom. The Bertz CT molecular complexity index is 108. The van der Waals surface area contributed by atoms with E-state index in [1.54, 1.807) is 7.11 Å². The van der Waals surface area contributed by atoms with Gasteiger partial charge in [-0.05, 0) is 7.05 Å². The van der Waals surface area contributed by atoms with E-state index in [2.05, 4.69) is 4.90 Å². The minimum absolute atomic E-state index is 0.190. The van der Waals surface area contributed by atoms with Crippen LogP contribution in [0.15, 0.2) is 0 Å². The molecule has 0 aromatic heterocycles. The standard InChI is InChI=1S/C7H15NO2/c1-8-3-6(5-10-2)7(9)4-8/h6-7,9H,3-5H2,1-2H3. The first-order valence-electron chi connectivity index (χ1n) is 3.59. The first-order chi connectivity index (χ1) is 4.74. The maximum absolute atomic E-state index is 9.37.